The van der Waals surface area contributed by atoms with Crippen molar-refractivity contribution in [2.24, 2.45) is 5.92 Å². The first-order chi connectivity index (χ1) is 8.31. The fraction of sp³-hybridized carbons (Fsp3) is 0.600. The minimum atomic E-state index is 0.700. The number of aryl methyl sites for hydroxylation is 1. The van der Waals surface area contributed by atoms with E-state index in [-0.39, 0.29) is 0 Å². The molecule has 1 aliphatic rings. The highest BCUT2D eigenvalue weighted by atomic mass is 35.5. The zero-order chi connectivity index (χ0) is 12.1. The average Bonchev–Trinajstić information content (AvgIpc) is 3.15. The van der Waals surface area contributed by atoms with Gasteiger partial charge in [-0.3, -0.25) is 0 Å². The lowest BCUT2D eigenvalue weighted by molar-refractivity contribution is 0.436. The SMILES string of the molecule is CCCNC(CCc1ccccc1Cl)C1CC1. The highest BCUT2D eigenvalue weighted by molar-refractivity contribution is 6.31. The second-order valence-electron chi connectivity index (χ2n) is 5.03. The van der Waals surface area contributed by atoms with Gasteiger partial charge in [-0.2, -0.15) is 0 Å². The van der Waals surface area contributed by atoms with Gasteiger partial charge in [0.2, 0.25) is 0 Å². The summed E-state index contributed by atoms with van der Waals surface area (Å²) in [6.07, 6.45) is 6.34. The van der Waals surface area contributed by atoms with Crippen LogP contribution in [0.4, 0.5) is 0 Å². The second kappa shape index (κ2) is 6.42. The highest BCUT2D eigenvalue weighted by Gasteiger charge is 2.30. The summed E-state index contributed by atoms with van der Waals surface area (Å²) in [7, 11) is 0. The molecule has 0 saturated heterocycles. The van der Waals surface area contributed by atoms with Crippen LogP contribution in [0.2, 0.25) is 5.02 Å². The predicted octanol–water partition coefficient (Wildman–Crippen LogP) is 4.05. The molecule has 0 heterocycles. The third-order valence-electron chi connectivity index (χ3n) is 3.53. The fourth-order valence-corrected chi connectivity index (χ4v) is 2.58. The molecule has 2 heteroatoms. The van der Waals surface area contributed by atoms with Crippen LogP contribution in [-0.2, 0) is 6.42 Å². The molecule has 0 amide bonds. The molecular weight excluding hydrogens is 230 g/mol. The third kappa shape index (κ3) is 4.01. The largest absolute Gasteiger partial charge is 0.314 e. The van der Waals surface area contributed by atoms with Gasteiger partial charge in [-0.05, 0) is 56.2 Å². The first kappa shape index (κ1) is 12.9. The van der Waals surface area contributed by atoms with Gasteiger partial charge in [0.05, 0.1) is 0 Å². The Labute approximate surface area is 110 Å². The van der Waals surface area contributed by atoms with Crippen molar-refractivity contribution in [3.05, 3.63) is 34.9 Å². The normalized spacial score (nSPS) is 17.1. The Bertz CT molecular complexity index is 347. The lowest BCUT2D eigenvalue weighted by Gasteiger charge is -2.18. The number of halogens is 1. The number of benzene rings is 1. The van der Waals surface area contributed by atoms with Crippen molar-refractivity contribution in [1.82, 2.24) is 5.32 Å². The van der Waals surface area contributed by atoms with E-state index < -0.39 is 0 Å². The number of hydrogen-bond acceptors (Lipinski definition) is 1. The Morgan fingerprint density at radius 2 is 2.12 bits per heavy atom. The van der Waals surface area contributed by atoms with E-state index in [2.05, 4.69) is 24.4 Å². The molecule has 0 aliphatic heterocycles. The third-order valence-corrected chi connectivity index (χ3v) is 3.90. The van der Waals surface area contributed by atoms with Crippen molar-refractivity contribution in [2.45, 2.75) is 45.1 Å². The number of rotatable bonds is 7. The van der Waals surface area contributed by atoms with Crippen LogP contribution >= 0.6 is 11.6 Å². The van der Waals surface area contributed by atoms with Crippen LogP contribution in [0, 0.1) is 5.92 Å². The Morgan fingerprint density at radius 3 is 2.76 bits per heavy atom. The van der Waals surface area contributed by atoms with Gasteiger partial charge in [0.1, 0.15) is 0 Å². The maximum atomic E-state index is 6.19. The maximum absolute atomic E-state index is 6.19. The van der Waals surface area contributed by atoms with Crippen molar-refractivity contribution in [3.8, 4) is 0 Å². The molecule has 1 unspecified atom stereocenters. The van der Waals surface area contributed by atoms with E-state index in [4.69, 9.17) is 11.6 Å². The molecule has 1 aliphatic carbocycles. The van der Waals surface area contributed by atoms with Gasteiger partial charge in [-0.1, -0.05) is 36.7 Å². The Kier molecular flexibility index (Phi) is 4.87. The molecule has 1 fully saturated rings. The Morgan fingerprint density at radius 1 is 1.35 bits per heavy atom. The van der Waals surface area contributed by atoms with Gasteiger partial charge in [0.15, 0.2) is 0 Å². The van der Waals surface area contributed by atoms with E-state index in [9.17, 15) is 0 Å². The van der Waals surface area contributed by atoms with Gasteiger partial charge in [0, 0.05) is 11.1 Å². The maximum Gasteiger partial charge on any atom is 0.0437 e. The lowest BCUT2D eigenvalue weighted by atomic mass is 10.0. The van der Waals surface area contributed by atoms with Crippen molar-refractivity contribution in [3.63, 3.8) is 0 Å². The van der Waals surface area contributed by atoms with E-state index >= 15 is 0 Å². The quantitative estimate of drug-likeness (QED) is 0.771. The molecule has 1 atom stereocenters. The van der Waals surface area contributed by atoms with Crippen LogP contribution in [0.15, 0.2) is 24.3 Å². The van der Waals surface area contributed by atoms with Crippen molar-refractivity contribution in [1.29, 1.82) is 0 Å². The summed E-state index contributed by atoms with van der Waals surface area (Å²) in [6, 6.07) is 8.91. The molecule has 0 aromatic heterocycles. The average molecular weight is 252 g/mol. The van der Waals surface area contributed by atoms with E-state index in [1.54, 1.807) is 0 Å². The van der Waals surface area contributed by atoms with Crippen LogP contribution < -0.4 is 5.32 Å². The predicted molar refractivity (Wildman–Crippen MR) is 74.6 cm³/mol. The van der Waals surface area contributed by atoms with Gasteiger partial charge >= 0.3 is 0 Å². The van der Waals surface area contributed by atoms with Gasteiger partial charge in [0.25, 0.3) is 0 Å². The van der Waals surface area contributed by atoms with Crippen molar-refractivity contribution < 1.29 is 0 Å². The number of hydrogen-bond donors (Lipinski definition) is 1. The molecule has 0 radical (unpaired) electrons. The monoisotopic (exact) mass is 251 g/mol. The summed E-state index contributed by atoms with van der Waals surface area (Å²) in [5.41, 5.74) is 1.29. The first-order valence-electron chi connectivity index (χ1n) is 6.78. The minimum absolute atomic E-state index is 0.700. The van der Waals surface area contributed by atoms with Gasteiger partial charge < -0.3 is 5.32 Å². The van der Waals surface area contributed by atoms with Crippen molar-refractivity contribution in [2.75, 3.05) is 6.54 Å². The summed E-state index contributed by atoms with van der Waals surface area (Å²) >= 11 is 6.19. The van der Waals surface area contributed by atoms with Crippen LogP contribution in [0.5, 0.6) is 0 Å². The van der Waals surface area contributed by atoms with Crippen LogP contribution in [0.3, 0.4) is 0 Å². The molecule has 0 spiro atoms. The molecule has 2 rings (SSSR count). The summed E-state index contributed by atoms with van der Waals surface area (Å²) in [4.78, 5) is 0. The summed E-state index contributed by atoms with van der Waals surface area (Å²) in [6.45, 7) is 3.37. The lowest BCUT2D eigenvalue weighted by Crippen LogP contribution is -2.32. The Balaban J connectivity index is 1.84. The zero-order valence-electron chi connectivity index (χ0n) is 10.6. The molecule has 1 aromatic carbocycles. The molecule has 17 heavy (non-hydrogen) atoms. The van der Waals surface area contributed by atoms with Gasteiger partial charge in [-0.25, -0.2) is 0 Å². The van der Waals surface area contributed by atoms with Crippen LogP contribution in [0.25, 0.3) is 0 Å². The molecular formula is C15H22ClN. The van der Waals surface area contributed by atoms with E-state index in [1.165, 1.54) is 31.2 Å². The van der Waals surface area contributed by atoms with Crippen molar-refractivity contribution >= 4 is 11.6 Å². The topological polar surface area (TPSA) is 12.0 Å². The zero-order valence-corrected chi connectivity index (χ0v) is 11.3. The van der Waals surface area contributed by atoms with Crippen LogP contribution in [0.1, 0.15) is 38.2 Å². The summed E-state index contributed by atoms with van der Waals surface area (Å²) in [5.74, 6) is 0.920. The fourth-order valence-electron chi connectivity index (χ4n) is 2.34. The number of nitrogens with one attached hydrogen (secondary N) is 1. The molecule has 1 aromatic rings. The minimum Gasteiger partial charge on any atom is -0.314 e. The molecule has 1 N–H and O–H groups in total. The van der Waals surface area contributed by atoms with E-state index in [1.807, 2.05) is 12.1 Å². The van der Waals surface area contributed by atoms with Gasteiger partial charge in [-0.15, -0.1) is 0 Å². The first-order valence-corrected chi connectivity index (χ1v) is 7.16. The van der Waals surface area contributed by atoms with E-state index in [0.717, 1.165) is 23.9 Å². The smallest absolute Gasteiger partial charge is 0.0437 e. The molecule has 94 valence electrons. The second-order valence-corrected chi connectivity index (χ2v) is 5.44. The highest BCUT2D eigenvalue weighted by Crippen LogP contribution is 2.34. The molecule has 1 saturated carbocycles. The summed E-state index contributed by atoms with van der Waals surface area (Å²) < 4.78 is 0. The van der Waals surface area contributed by atoms with Crippen LogP contribution in [-0.4, -0.2) is 12.6 Å². The Hall–Kier alpha value is -0.530. The van der Waals surface area contributed by atoms with E-state index in [0.29, 0.717) is 6.04 Å². The standard InChI is InChI=1S/C15H22ClN/c1-2-11-17-15(13-7-8-13)10-9-12-5-3-4-6-14(12)16/h3-6,13,15,17H,2,7-11H2,1H3. The molecule has 0 bridgehead atoms. The summed E-state index contributed by atoms with van der Waals surface area (Å²) in [5, 5.41) is 4.59. The molecule has 1 nitrogen and oxygen atoms in total.